The van der Waals surface area contributed by atoms with Gasteiger partial charge in [0.1, 0.15) is 18.5 Å². The first-order valence-corrected chi connectivity index (χ1v) is 6.67. The van der Waals surface area contributed by atoms with Crippen LogP contribution >= 0.6 is 11.6 Å². The van der Waals surface area contributed by atoms with E-state index in [9.17, 15) is 9.59 Å². The maximum atomic E-state index is 11.9. The van der Waals surface area contributed by atoms with E-state index < -0.39 is 6.04 Å². The van der Waals surface area contributed by atoms with E-state index >= 15 is 0 Å². The van der Waals surface area contributed by atoms with Gasteiger partial charge in [-0.3, -0.25) is 14.5 Å². The molecule has 0 aliphatic carbocycles. The summed E-state index contributed by atoms with van der Waals surface area (Å²) in [4.78, 5) is 33.2. The Bertz CT molecular complexity index is 511. The van der Waals surface area contributed by atoms with E-state index in [1.54, 1.807) is 0 Å². The van der Waals surface area contributed by atoms with Crippen LogP contribution in [0.2, 0.25) is 5.28 Å². The highest BCUT2D eigenvalue weighted by Crippen LogP contribution is 2.13. The topological polar surface area (TPSA) is 84.4 Å². The lowest BCUT2D eigenvalue weighted by atomic mass is 10.1. The molecule has 1 saturated heterocycles. The van der Waals surface area contributed by atoms with E-state index in [1.165, 1.54) is 12.3 Å². The number of cyclic esters (lactones) is 1. The summed E-state index contributed by atoms with van der Waals surface area (Å²) in [5.41, 5.74) is 0. The zero-order chi connectivity index (χ0) is 14.5. The van der Waals surface area contributed by atoms with Gasteiger partial charge in [-0.15, -0.1) is 0 Å². The molecule has 108 valence electrons. The number of anilines is 1. The number of ether oxygens (including phenoxy) is 1. The lowest BCUT2D eigenvalue weighted by Crippen LogP contribution is -2.50. The summed E-state index contributed by atoms with van der Waals surface area (Å²) in [5, 5.41) is 2.64. The lowest BCUT2D eigenvalue weighted by Gasteiger charge is -2.32. The number of esters is 1. The molecule has 1 unspecified atom stereocenters. The van der Waals surface area contributed by atoms with Crippen molar-refractivity contribution in [3.8, 4) is 0 Å². The number of hydrogen-bond acceptors (Lipinski definition) is 6. The van der Waals surface area contributed by atoms with Crippen molar-refractivity contribution in [3.63, 3.8) is 0 Å². The third kappa shape index (κ3) is 3.64. The zero-order valence-electron chi connectivity index (χ0n) is 11.0. The molecule has 1 N–H and O–H groups in total. The molecule has 1 aliphatic heterocycles. The van der Waals surface area contributed by atoms with Gasteiger partial charge in [0.05, 0.1) is 6.42 Å². The molecular weight excluding hydrogens is 284 g/mol. The average molecular weight is 299 g/mol. The van der Waals surface area contributed by atoms with Gasteiger partial charge in [-0.25, -0.2) is 9.97 Å². The summed E-state index contributed by atoms with van der Waals surface area (Å²) in [6.07, 6.45) is 1.46. The summed E-state index contributed by atoms with van der Waals surface area (Å²) < 4.78 is 4.99. The van der Waals surface area contributed by atoms with Crippen LogP contribution in [0.4, 0.5) is 5.82 Å². The molecule has 20 heavy (non-hydrogen) atoms. The Balaban J connectivity index is 1.97. The number of likely N-dealkylation sites (N-methyl/N-ethyl adjacent to an activating group) is 1. The first-order chi connectivity index (χ1) is 9.60. The van der Waals surface area contributed by atoms with E-state index in [0.29, 0.717) is 25.5 Å². The number of halogens is 1. The van der Waals surface area contributed by atoms with E-state index in [2.05, 4.69) is 15.3 Å². The molecule has 0 spiro atoms. The van der Waals surface area contributed by atoms with Gasteiger partial charge in [0.15, 0.2) is 0 Å². The summed E-state index contributed by atoms with van der Waals surface area (Å²) in [5.74, 6) is -0.377. The van der Waals surface area contributed by atoms with Gasteiger partial charge < -0.3 is 10.1 Å². The molecule has 2 heterocycles. The van der Waals surface area contributed by atoms with Crippen molar-refractivity contribution in [2.75, 3.05) is 25.0 Å². The van der Waals surface area contributed by atoms with Crippen LogP contribution in [0.5, 0.6) is 0 Å². The van der Waals surface area contributed by atoms with Crippen LogP contribution in [0, 0.1) is 0 Å². The molecule has 1 aliphatic rings. The summed E-state index contributed by atoms with van der Waals surface area (Å²) >= 11 is 5.63. The Morgan fingerprint density at radius 1 is 1.65 bits per heavy atom. The molecule has 0 saturated carbocycles. The fourth-order valence-electron chi connectivity index (χ4n) is 2.03. The molecular formula is C12H15ClN4O3. The third-order valence-corrected chi connectivity index (χ3v) is 3.20. The van der Waals surface area contributed by atoms with Gasteiger partial charge in [-0.2, -0.15) is 0 Å². The second-order valence-electron chi connectivity index (χ2n) is 4.28. The molecule has 8 heteroatoms. The SMILES string of the molecule is CCN1CCOC(=O)C1CC(=O)Nc1ccnc(Cl)n1. The normalized spacial score (nSPS) is 19.5. The van der Waals surface area contributed by atoms with E-state index in [1.807, 2.05) is 11.8 Å². The number of amides is 1. The quantitative estimate of drug-likeness (QED) is 0.651. The largest absolute Gasteiger partial charge is 0.463 e. The standard InChI is InChI=1S/C12H15ClN4O3/c1-2-17-5-6-20-11(19)8(17)7-10(18)15-9-3-4-14-12(13)16-9/h3-4,8H,2,5-7H2,1H3,(H,14,15,16,18). The van der Waals surface area contributed by atoms with Crippen molar-refractivity contribution in [3.05, 3.63) is 17.5 Å². The number of morpholine rings is 1. The molecule has 0 bridgehead atoms. The Hall–Kier alpha value is -1.73. The fourth-order valence-corrected chi connectivity index (χ4v) is 2.18. The van der Waals surface area contributed by atoms with Gasteiger partial charge in [0.2, 0.25) is 11.2 Å². The van der Waals surface area contributed by atoms with Crippen molar-refractivity contribution in [2.24, 2.45) is 0 Å². The highest BCUT2D eigenvalue weighted by Gasteiger charge is 2.32. The minimum atomic E-state index is -0.550. The van der Waals surface area contributed by atoms with Gasteiger partial charge in [-0.1, -0.05) is 6.92 Å². The number of hydrogen-bond donors (Lipinski definition) is 1. The minimum Gasteiger partial charge on any atom is -0.463 e. The van der Waals surface area contributed by atoms with E-state index in [-0.39, 0.29) is 23.6 Å². The van der Waals surface area contributed by atoms with E-state index in [0.717, 1.165) is 0 Å². The monoisotopic (exact) mass is 298 g/mol. The van der Waals surface area contributed by atoms with Gasteiger partial charge in [0.25, 0.3) is 0 Å². The Morgan fingerprint density at radius 3 is 3.15 bits per heavy atom. The van der Waals surface area contributed by atoms with Crippen LogP contribution in [-0.4, -0.2) is 52.5 Å². The number of aromatic nitrogens is 2. The Labute approximate surface area is 121 Å². The van der Waals surface area contributed by atoms with Crippen molar-refractivity contribution in [1.29, 1.82) is 0 Å². The highest BCUT2D eigenvalue weighted by atomic mass is 35.5. The van der Waals surface area contributed by atoms with Gasteiger partial charge >= 0.3 is 5.97 Å². The maximum absolute atomic E-state index is 11.9. The molecule has 2 rings (SSSR count). The number of nitrogens with one attached hydrogen (secondary N) is 1. The highest BCUT2D eigenvalue weighted by molar-refractivity contribution is 6.28. The lowest BCUT2D eigenvalue weighted by molar-refractivity contribution is -0.158. The molecule has 0 aromatic carbocycles. The Morgan fingerprint density at radius 2 is 2.45 bits per heavy atom. The van der Waals surface area contributed by atoms with Crippen LogP contribution in [0.3, 0.4) is 0 Å². The molecule has 1 aromatic heterocycles. The molecule has 1 atom stereocenters. The van der Waals surface area contributed by atoms with Gasteiger partial charge in [0, 0.05) is 12.7 Å². The summed E-state index contributed by atoms with van der Waals surface area (Å²) in [6, 6.07) is 0.978. The van der Waals surface area contributed by atoms with Crippen LogP contribution in [0.25, 0.3) is 0 Å². The average Bonchev–Trinajstić information content (AvgIpc) is 2.41. The molecule has 1 aromatic rings. The second-order valence-corrected chi connectivity index (χ2v) is 4.61. The number of carbonyl (C=O) groups excluding carboxylic acids is 2. The number of nitrogens with zero attached hydrogens (tertiary/aromatic N) is 3. The fraction of sp³-hybridized carbons (Fsp3) is 0.500. The molecule has 1 fully saturated rings. The van der Waals surface area contributed by atoms with Crippen molar-refractivity contribution >= 4 is 29.3 Å². The molecule has 0 radical (unpaired) electrons. The minimum absolute atomic E-state index is 0.0221. The first kappa shape index (κ1) is 14.7. The van der Waals surface area contributed by atoms with Crippen LogP contribution in [0.15, 0.2) is 12.3 Å². The summed E-state index contributed by atoms with van der Waals surface area (Å²) in [7, 11) is 0. The van der Waals surface area contributed by atoms with Crippen molar-refractivity contribution in [1.82, 2.24) is 14.9 Å². The van der Waals surface area contributed by atoms with Crippen LogP contribution in [-0.2, 0) is 14.3 Å². The van der Waals surface area contributed by atoms with Crippen LogP contribution in [0.1, 0.15) is 13.3 Å². The van der Waals surface area contributed by atoms with Gasteiger partial charge in [-0.05, 0) is 24.2 Å². The number of rotatable bonds is 4. The molecule has 7 nitrogen and oxygen atoms in total. The third-order valence-electron chi connectivity index (χ3n) is 3.01. The first-order valence-electron chi connectivity index (χ1n) is 6.29. The van der Waals surface area contributed by atoms with Crippen LogP contribution < -0.4 is 5.32 Å². The predicted molar refractivity (Wildman–Crippen MR) is 72.3 cm³/mol. The smallest absolute Gasteiger partial charge is 0.323 e. The Kier molecular flexibility index (Phi) is 4.86. The van der Waals surface area contributed by atoms with Crippen molar-refractivity contribution in [2.45, 2.75) is 19.4 Å². The van der Waals surface area contributed by atoms with Crippen molar-refractivity contribution < 1.29 is 14.3 Å². The summed E-state index contributed by atoms with van der Waals surface area (Å²) in [6.45, 7) is 3.63. The molecule has 1 amide bonds. The number of carbonyl (C=O) groups is 2. The predicted octanol–water partition coefficient (Wildman–Crippen LogP) is 0.706. The second kappa shape index (κ2) is 6.62. The van der Waals surface area contributed by atoms with E-state index in [4.69, 9.17) is 16.3 Å². The maximum Gasteiger partial charge on any atom is 0.323 e. The zero-order valence-corrected chi connectivity index (χ0v) is 11.8.